The Bertz CT molecular complexity index is 2540. The van der Waals surface area contributed by atoms with Gasteiger partial charge in [-0.15, -0.1) is 0 Å². The molecule has 2 bridgehead atoms. The van der Waals surface area contributed by atoms with E-state index in [2.05, 4.69) is 104 Å². The van der Waals surface area contributed by atoms with Crippen molar-refractivity contribution in [3.63, 3.8) is 0 Å². The van der Waals surface area contributed by atoms with Crippen LogP contribution in [0, 0.1) is 55.4 Å². The molecule has 330 valence electrons. The van der Waals surface area contributed by atoms with Crippen molar-refractivity contribution >= 4 is 37.5 Å². The van der Waals surface area contributed by atoms with Crippen LogP contribution < -0.4 is 59.1 Å². The largest absolute Gasteiger partial charge is 0.497 e. The van der Waals surface area contributed by atoms with Crippen LogP contribution in [0.1, 0.15) is 44.5 Å². The van der Waals surface area contributed by atoms with Gasteiger partial charge in [-0.25, -0.2) is 0 Å². The summed E-state index contributed by atoms with van der Waals surface area (Å²) in [6.45, 7) is 16.8. The van der Waals surface area contributed by atoms with Gasteiger partial charge in [0.25, 0.3) is 0 Å². The van der Waals surface area contributed by atoms with Crippen molar-refractivity contribution < 1.29 is 42.2 Å². The second-order valence-corrected chi connectivity index (χ2v) is 19.7. The van der Waals surface area contributed by atoms with Gasteiger partial charge in [-0.3, -0.25) is 0 Å². The Labute approximate surface area is 375 Å². The summed E-state index contributed by atoms with van der Waals surface area (Å²) in [5.74, 6) is 5.88. The minimum absolute atomic E-state index is 0.635. The normalized spacial score (nSPS) is 12.0. The summed E-state index contributed by atoms with van der Waals surface area (Å²) in [5.41, 5.74) is 13.5. The van der Waals surface area contributed by atoms with Crippen LogP contribution in [0.25, 0.3) is 33.4 Å². The van der Waals surface area contributed by atoms with Crippen molar-refractivity contribution in [3.05, 3.63) is 105 Å². The lowest BCUT2D eigenvalue weighted by atomic mass is 9.91. The third-order valence-electron chi connectivity index (χ3n) is 12.0. The van der Waals surface area contributed by atoms with Crippen molar-refractivity contribution in [2.24, 2.45) is 0 Å². The third kappa shape index (κ3) is 7.83. The summed E-state index contributed by atoms with van der Waals surface area (Å²) in [4.78, 5) is 0. The highest BCUT2D eigenvalue weighted by atomic mass is 31.2. The molecule has 6 aromatic carbocycles. The molecule has 0 amide bonds. The molecule has 9 nitrogen and oxygen atoms in total. The van der Waals surface area contributed by atoms with Crippen LogP contribution in [-0.4, -0.2) is 56.9 Å². The average Bonchev–Trinajstić information content (AvgIpc) is 3.36. The first-order valence-corrected chi connectivity index (χ1v) is 23.2. The monoisotopic (exact) mass is 888 g/mol. The van der Waals surface area contributed by atoms with Crippen LogP contribution in [0.15, 0.2) is 60.7 Å². The van der Waals surface area contributed by atoms with Gasteiger partial charge in [-0.05, 0) is 160 Å². The lowest BCUT2D eigenvalue weighted by molar-refractivity contribution is 0.391. The van der Waals surface area contributed by atoms with Gasteiger partial charge in [0.1, 0.15) is 46.0 Å². The molecular formula is C52H58O9P2. The van der Waals surface area contributed by atoms with Crippen LogP contribution in [0.2, 0.25) is 0 Å². The molecule has 1 aliphatic carbocycles. The number of benzene rings is 6. The predicted molar refractivity (Wildman–Crippen MR) is 259 cm³/mol. The number of aryl methyl sites for hydroxylation is 6. The first-order chi connectivity index (χ1) is 30.2. The maximum Gasteiger partial charge on any atom is 0.131 e. The van der Waals surface area contributed by atoms with Gasteiger partial charge >= 0.3 is 0 Å². The maximum atomic E-state index is 8.14. The molecule has 11 heteroatoms. The van der Waals surface area contributed by atoms with Crippen molar-refractivity contribution in [1.29, 1.82) is 0 Å². The Morgan fingerprint density at radius 3 is 0.921 bits per heavy atom. The first-order valence-electron chi connectivity index (χ1n) is 20.7. The number of methoxy groups -OCH3 is 8. The third-order valence-corrected chi connectivity index (χ3v) is 16.3. The number of ether oxygens (including phenoxy) is 8. The van der Waals surface area contributed by atoms with Crippen LogP contribution in [0.5, 0.6) is 46.0 Å². The summed E-state index contributed by atoms with van der Waals surface area (Å²) >= 11 is 0. The van der Waals surface area contributed by atoms with Gasteiger partial charge in [-0.2, -0.15) is 0 Å². The van der Waals surface area contributed by atoms with Gasteiger partial charge in [-0.1, -0.05) is 0 Å². The smallest absolute Gasteiger partial charge is 0.131 e. The van der Waals surface area contributed by atoms with Crippen LogP contribution in [0.4, 0.5) is 0 Å². The van der Waals surface area contributed by atoms with E-state index < -0.39 is 16.3 Å². The van der Waals surface area contributed by atoms with Gasteiger partial charge in [0.2, 0.25) is 0 Å². The van der Waals surface area contributed by atoms with Crippen LogP contribution in [-0.2, 0) is 4.31 Å². The van der Waals surface area contributed by atoms with Crippen molar-refractivity contribution in [1.82, 2.24) is 0 Å². The topological polar surface area (TPSA) is 83.1 Å². The fourth-order valence-corrected chi connectivity index (χ4v) is 15.0. The summed E-state index contributed by atoms with van der Waals surface area (Å²) < 4.78 is 56.9. The van der Waals surface area contributed by atoms with E-state index in [4.69, 9.17) is 42.2 Å². The second-order valence-electron chi connectivity index (χ2n) is 15.9. The van der Waals surface area contributed by atoms with Gasteiger partial charge < -0.3 is 42.2 Å². The molecule has 0 radical (unpaired) electrons. The van der Waals surface area contributed by atoms with E-state index in [-0.39, 0.29) is 0 Å². The van der Waals surface area contributed by atoms with E-state index in [0.29, 0.717) is 23.0 Å². The Morgan fingerprint density at radius 2 is 0.635 bits per heavy atom. The SMILES string of the molecule is COc1cc(OC)c2c(c1)-c1c(C)c(OC)c(C)c(c1[P@](OP(c1cc(C)c(OC)c(C)c1)c1cc(C)c(OC)c(C)c1)c1cc(C)c(OC)c(C)c1)-c1cc(OC)cc(OC)c1-2. The highest BCUT2D eigenvalue weighted by Gasteiger charge is 2.39. The van der Waals surface area contributed by atoms with E-state index in [1.54, 1.807) is 56.9 Å². The standard InChI is InChI=1S/C52H58O9P2/c1-27-17-37(18-28(2)48(27)57-13)62(38-19-29(3)49(58-14)30(4)20-38)61-63(39-21-31(5)50(59-15)32(6)22-39)52-44-33(7)51(60-16)34(8)45(52)41-24-36(54-10)26-43(56-12)47(41)46-40(44)23-35(53-9)25-42(46)55-11/h17-26H,1-16H3/t63-/m1/s1. The first kappa shape index (κ1) is 45.6. The zero-order valence-electron chi connectivity index (χ0n) is 39.3. The molecule has 63 heavy (non-hydrogen) atoms. The molecule has 6 aromatic rings. The van der Waals surface area contributed by atoms with Gasteiger partial charge in [0, 0.05) is 55.6 Å². The molecule has 0 N–H and O–H groups in total. The Kier molecular flexibility index (Phi) is 13.3. The molecule has 0 aromatic heterocycles. The number of hydrogen-bond acceptors (Lipinski definition) is 9. The lowest BCUT2D eigenvalue weighted by Crippen LogP contribution is -2.24. The molecule has 0 spiro atoms. The molecule has 0 unspecified atom stereocenters. The highest BCUT2D eigenvalue weighted by molar-refractivity contribution is 7.81. The van der Waals surface area contributed by atoms with Crippen LogP contribution >= 0.6 is 16.3 Å². The minimum atomic E-state index is -1.72. The molecule has 7 rings (SSSR count). The van der Waals surface area contributed by atoms with E-state index >= 15 is 0 Å². The Balaban J connectivity index is 1.72. The quantitative estimate of drug-likeness (QED) is 0.0992. The fourth-order valence-electron chi connectivity index (χ4n) is 9.45. The number of rotatable bonds is 14. The van der Waals surface area contributed by atoms with Gasteiger partial charge in [0.05, 0.1) is 73.2 Å². The Morgan fingerprint density at radius 1 is 0.317 bits per heavy atom. The zero-order chi connectivity index (χ0) is 45.6. The molecule has 0 saturated carbocycles. The molecule has 0 heterocycles. The molecule has 0 fully saturated rings. The van der Waals surface area contributed by atoms with Crippen molar-refractivity contribution in [2.45, 2.75) is 55.4 Å². The van der Waals surface area contributed by atoms with Crippen molar-refractivity contribution in [3.8, 4) is 79.4 Å². The second kappa shape index (κ2) is 18.3. The number of fused-ring (bicyclic) bond motifs is 7. The highest BCUT2D eigenvalue weighted by Crippen LogP contribution is 2.61. The average molecular weight is 889 g/mol. The van der Waals surface area contributed by atoms with E-state index in [0.717, 1.165) is 122 Å². The lowest BCUT2D eigenvalue weighted by Gasteiger charge is -2.32. The van der Waals surface area contributed by atoms with Crippen LogP contribution in [0.3, 0.4) is 0 Å². The van der Waals surface area contributed by atoms with Gasteiger partial charge in [0.15, 0.2) is 0 Å². The Hall–Kier alpha value is -5.46. The molecule has 0 saturated heterocycles. The fraction of sp³-hybridized carbons (Fsp3) is 0.308. The van der Waals surface area contributed by atoms with E-state index in [1.165, 1.54) is 0 Å². The maximum absolute atomic E-state index is 8.14. The number of hydrogen-bond donors (Lipinski definition) is 0. The summed E-state index contributed by atoms with van der Waals surface area (Å²) in [5, 5.41) is 4.17. The summed E-state index contributed by atoms with van der Waals surface area (Å²) in [6, 6.07) is 21.3. The molecule has 0 aliphatic heterocycles. The minimum Gasteiger partial charge on any atom is -0.497 e. The molecule has 1 aliphatic rings. The zero-order valence-corrected chi connectivity index (χ0v) is 41.1. The molecular weight excluding hydrogens is 831 g/mol. The predicted octanol–water partition coefficient (Wildman–Crippen LogP) is 10.9. The summed E-state index contributed by atoms with van der Waals surface area (Å²) in [7, 11) is 10.4. The molecule has 1 atom stereocenters. The van der Waals surface area contributed by atoms with E-state index in [9.17, 15) is 0 Å². The van der Waals surface area contributed by atoms with E-state index in [1.807, 2.05) is 12.1 Å². The summed E-state index contributed by atoms with van der Waals surface area (Å²) in [6.07, 6.45) is 0. The van der Waals surface area contributed by atoms with Crippen molar-refractivity contribution in [2.75, 3.05) is 56.9 Å².